The lowest BCUT2D eigenvalue weighted by molar-refractivity contribution is 0.0986. The van der Waals surface area contributed by atoms with Crippen LogP contribution in [0.2, 0.25) is 0 Å². The molecule has 1 amide bonds. The van der Waals surface area contributed by atoms with Gasteiger partial charge in [-0.15, -0.1) is 0 Å². The van der Waals surface area contributed by atoms with Crippen molar-refractivity contribution < 1.29 is 9.53 Å². The Morgan fingerprint density at radius 3 is 2.37 bits per heavy atom. The number of amides is 1. The zero-order valence-corrected chi connectivity index (χ0v) is 17.6. The number of nitrogens with zero attached hydrogens (tertiary/aromatic N) is 2. The van der Waals surface area contributed by atoms with Gasteiger partial charge in [0.15, 0.2) is 0 Å². The molecule has 1 aliphatic rings. The van der Waals surface area contributed by atoms with Crippen LogP contribution in [0.4, 0.5) is 5.69 Å². The van der Waals surface area contributed by atoms with E-state index in [-0.39, 0.29) is 11.9 Å². The number of anilines is 1. The van der Waals surface area contributed by atoms with Crippen LogP contribution in [0.15, 0.2) is 66.7 Å². The SMILES string of the molecule is COc1ccc(N2C(=O)c3c(c4ccccc4n3C)C2c2ccc(C)cc2C)cc1. The summed E-state index contributed by atoms with van der Waals surface area (Å²) in [5.74, 6) is 0.801. The predicted octanol–water partition coefficient (Wildman–Crippen LogP) is 5.55. The average Bonchev–Trinajstić information content (AvgIpc) is 3.21. The van der Waals surface area contributed by atoms with Gasteiger partial charge in [0, 0.05) is 29.2 Å². The highest BCUT2D eigenvalue weighted by molar-refractivity contribution is 6.15. The molecule has 0 bridgehead atoms. The molecule has 0 aliphatic carbocycles. The molecule has 1 aromatic heterocycles. The number of aryl methyl sites for hydroxylation is 3. The van der Waals surface area contributed by atoms with Crippen LogP contribution in [0.5, 0.6) is 5.75 Å². The molecule has 0 saturated carbocycles. The molecule has 0 spiro atoms. The molecule has 4 nitrogen and oxygen atoms in total. The van der Waals surface area contributed by atoms with Gasteiger partial charge in [0.2, 0.25) is 0 Å². The zero-order chi connectivity index (χ0) is 21.0. The molecule has 4 aromatic rings. The van der Waals surface area contributed by atoms with Crippen LogP contribution in [0.1, 0.15) is 38.8 Å². The Labute approximate surface area is 176 Å². The Bertz CT molecular complexity index is 1280. The summed E-state index contributed by atoms with van der Waals surface area (Å²) in [6.45, 7) is 4.23. The van der Waals surface area contributed by atoms with E-state index >= 15 is 0 Å². The molecule has 0 radical (unpaired) electrons. The molecular formula is C26H24N2O2. The lowest BCUT2D eigenvalue weighted by Gasteiger charge is -2.28. The van der Waals surface area contributed by atoms with Crippen LogP contribution >= 0.6 is 0 Å². The minimum atomic E-state index is -0.174. The molecular weight excluding hydrogens is 372 g/mol. The highest BCUT2D eigenvalue weighted by Crippen LogP contribution is 2.46. The number of aromatic nitrogens is 1. The zero-order valence-electron chi connectivity index (χ0n) is 17.6. The Kier molecular flexibility index (Phi) is 4.17. The number of fused-ring (bicyclic) bond motifs is 3. The van der Waals surface area contributed by atoms with E-state index in [0.717, 1.165) is 39.2 Å². The van der Waals surface area contributed by atoms with Crippen molar-refractivity contribution in [3.63, 3.8) is 0 Å². The van der Waals surface area contributed by atoms with Crippen molar-refractivity contribution in [2.75, 3.05) is 12.0 Å². The molecule has 1 atom stereocenters. The van der Waals surface area contributed by atoms with Gasteiger partial charge in [-0.05, 0) is 55.3 Å². The summed E-state index contributed by atoms with van der Waals surface area (Å²) in [6.07, 6.45) is 0. The topological polar surface area (TPSA) is 34.5 Å². The largest absolute Gasteiger partial charge is 0.497 e. The maximum absolute atomic E-state index is 13.8. The fourth-order valence-corrected chi connectivity index (χ4v) is 4.75. The van der Waals surface area contributed by atoms with E-state index in [9.17, 15) is 4.79 Å². The first-order valence-electron chi connectivity index (χ1n) is 10.1. The normalized spacial score (nSPS) is 15.7. The molecule has 1 unspecified atom stereocenters. The molecule has 1 aliphatic heterocycles. The van der Waals surface area contributed by atoms with Crippen LogP contribution in [0, 0.1) is 13.8 Å². The van der Waals surface area contributed by atoms with E-state index in [1.165, 1.54) is 11.1 Å². The van der Waals surface area contributed by atoms with E-state index in [4.69, 9.17) is 4.74 Å². The summed E-state index contributed by atoms with van der Waals surface area (Å²) >= 11 is 0. The van der Waals surface area contributed by atoms with Crippen molar-refractivity contribution in [3.05, 3.63) is 94.7 Å². The number of carbonyl (C=O) groups excluding carboxylic acids is 1. The van der Waals surface area contributed by atoms with Crippen molar-refractivity contribution in [3.8, 4) is 5.75 Å². The van der Waals surface area contributed by atoms with Crippen LogP contribution < -0.4 is 9.64 Å². The summed E-state index contributed by atoms with van der Waals surface area (Å²) in [6, 6.07) is 22.3. The Morgan fingerprint density at radius 1 is 0.933 bits per heavy atom. The summed E-state index contributed by atoms with van der Waals surface area (Å²) < 4.78 is 7.35. The van der Waals surface area contributed by atoms with Crippen molar-refractivity contribution in [2.24, 2.45) is 7.05 Å². The first-order valence-corrected chi connectivity index (χ1v) is 10.1. The fraction of sp³-hybridized carbons (Fsp3) is 0.192. The summed E-state index contributed by atoms with van der Waals surface area (Å²) in [7, 11) is 3.63. The average molecular weight is 396 g/mol. The molecule has 0 fully saturated rings. The number of hydrogen-bond donors (Lipinski definition) is 0. The number of benzene rings is 3. The van der Waals surface area contributed by atoms with E-state index in [0.29, 0.717) is 0 Å². The molecule has 5 rings (SSSR count). The summed E-state index contributed by atoms with van der Waals surface area (Å²) in [4.78, 5) is 15.7. The number of hydrogen-bond acceptors (Lipinski definition) is 2. The molecule has 3 aromatic carbocycles. The molecule has 4 heteroatoms. The highest BCUT2D eigenvalue weighted by Gasteiger charge is 2.43. The van der Waals surface area contributed by atoms with E-state index in [1.54, 1.807) is 7.11 Å². The van der Waals surface area contributed by atoms with Crippen molar-refractivity contribution in [1.82, 2.24) is 4.57 Å². The second-order valence-electron chi connectivity index (χ2n) is 7.97. The van der Waals surface area contributed by atoms with Gasteiger partial charge in [0.05, 0.1) is 13.2 Å². The van der Waals surface area contributed by atoms with Crippen molar-refractivity contribution in [2.45, 2.75) is 19.9 Å². The number of para-hydroxylation sites is 1. The first-order chi connectivity index (χ1) is 14.5. The lowest BCUT2D eigenvalue weighted by Crippen LogP contribution is -2.30. The van der Waals surface area contributed by atoms with Gasteiger partial charge >= 0.3 is 0 Å². The quantitative estimate of drug-likeness (QED) is 0.455. The molecule has 2 heterocycles. The van der Waals surface area contributed by atoms with Crippen LogP contribution in [-0.4, -0.2) is 17.6 Å². The van der Waals surface area contributed by atoms with Crippen molar-refractivity contribution >= 4 is 22.5 Å². The summed E-state index contributed by atoms with van der Waals surface area (Å²) in [5, 5.41) is 1.13. The predicted molar refractivity (Wildman–Crippen MR) is 120 cm³/mol. The number of rotatable bonds is 3. The standard InChI is InChI=1S/C26H24N2O2/c1-16-9-14-20(17(2)15-16)24-23-21-7-5-6-8-22(21)27(3)25(23)26(29)28(24)18-10-12-19(30-4)13-11-18/h5-15,24H,1-4H3. The Balaban J connectivity index is 1.79. The van der Waals surface area contributed by atoms with E-state index in [2.05, 4.69) is 44.2 Å². The summed E-state index contributed by atoms with van der Waals surface area (Å²) in [5.41, 5.74) is 7.35. The van der Waals surface area contributed by atoms with Gasteiger partial charge in [-0.2, -0.15) is 0 Å². The third-order valence-electron chi connectivity index (χ3n) is 6.17. The molecule has 0 N–H and O–H groups in total. The van der Waals surface area contributed by atoms with E-state index < -0.39 is 0 Å². The van der Waals surface area contributed by atoms with Crippen molar-refractivity contribution in [1.29, 1.82) is 0 Å². The van der Waals surface area contributed by atoms with Crippen LogP contribution in [-0.2, 0) is 7.05 Å². The minimum Gasteiger partial charge on any atom is -0.497 e. The molecule has 0 saturated heterocycles. The second kappa shape index (κ2) is 6.77. The molecule has 150 valence electrons. The number of ether oxygens (including phenoxy) is 1. The van der Waals surface area contributed by atoms with Gasteiger partial charge in [0.25, 0.3) is 5.91 Å². The van der Waals surface area contributed by atoms with Crippen LogP contribution in [0.3, 0.4) is 0 Å². The number of methoxy groups -OCH3 is 1. The number of carbonyl (C=O) groups is 1. The smallest absolute Gasteiger partial charge is 0.276 e. The third-order valence-corrected chi connectivity index (χ3v) is 6.17. The first kappa shape index (κ1) is 18.5. The van der Waals surface area contributed by atoms with Gasteiger partial charge in [0.1, 0.15) is 11.4 Å². The third kappa shape index (κ3) is 2.57. The Hall–Kier alpha value is -3.53. The fourth-order valence-electron chi connectivity index (χ4n) is 4.75. The minimum absolute atomic E-state index is 0.0267. The van der Waals surface area contributed by atoms with Gasteiger partial charge in [-0.1, -0.05) is 42.0 Å². The maximum atomic E-state index is 13.8. The highest BCUT2D eigenvalue weighted by atomic mass is 16.5. The van der Waals surface area contributed by atoms with Gasteiger partial charge in [-0.25, -0.2) is 0 Å². The van der Waals surface area contributed by atoms with E-state index in [1.807, 2.05) is 52.9 Å². The maximum Gasteiger partial charge on any atom is 0.276 e. The monoisotopic (exact) mass is 396 g/mol. The molecule has 30 heavy (non-hydrogen) atoms. The second-order valence-corrected chi connectivity index (χ2v) is 7.97. The van der Waals surface area contributed by atoms with Gasteiger partial charge in [-0.3, -0.25) is 9.69 Å². The lowest BCUT2D eigenvalue weighted by atomic mass is 9.93. The Morgan fingerprint density at radius 2 is 1.67 bits per heavy atom. The van der Waals surface area contributed by atoms with Gasteiger partial charge < -0.3 is 9.30 Å². The van der Waals surface area contributed by atoms with Crippen LogP contribution in [0.25, 0.3) is 10.9 Å².